The Kier molecular flexibility index (Phi) is 4.05. The normalized spacial score (nSPS) is 10.6. The molecule has 0 aliphatic carbocycles. The van der Waals surface area contributed by atoms with Gasteiger partial charge in [-0.05, 0) is 30.5 Å². The molecule has 16 heavy (non-hydrogen) atoms. The Bertz CT molecular complexity index is 376. The second kappa shape index (κ2) is 5.10. The van der Waals surface area contributed by atoms with Crippen molar-refractivity contribution in [2.45, 2.75) is 34.2 Å². The Hall–Kier alpha value is -1.38. The van der Waals surface area contributed by atoms with E-state index in [4.69, 9.17) is 0 Å². The number of benzene rings is 1. The number of amides is 1. The summed E-state index contributed by atoms with van der Waals surface area (Å²) >= 11 is 0. The highest BCUT2D eigenvalue weighted by Gasteiger charge is 2.08. The zero-order valence-electron chi connectivity index (χ0n) is 10.2. The van der Waals surface area contributed by atoms with E-state index >= 15 is 0 Å². The van der Waals surface area contributed by atoms with E-state index in [9.17, 15) is 9.18 Å². The molecule has 0 unspecified atom stereocenters. The lowest BCUT2D eigenvalue weighted by Gasteiger charge is -2.10. The van der Waals surface area contributed by atoms with E-state index in [2.05, 4.69) is 5.32 Å². The third kappa shape index (κ3) is 3.05. The van der Waals surface area contributed by atoms with Crippen molar-refractivity contribution in [1.82, 2.24) is 5.32 Å². The third-order valence-corrected chi connectivity index (χ3v) is 2.49. The lowest BCUT2D eigenvalue weighted by Crippen LogP contribution is -2.27. The van der Waals surface area contributed by atoms with Crippen LogP contribution in [0.3, 0.4) is 0 Å². The molecule has 0 spiro atoms. The molecule has 0 heterocycles. The average Bonchev–Trinajstić information content (AvgIpc) is 2.22. The molecule has 3 heteroatoms. The zero-order valence-corrected chi connectivity index (χ0v) is 10.2. The van der Waals surface area contributed by atoms with Gasteiger partial charge < -0.3 is 5.32 Å². The summed E-state index contributed by atoms with van der Waals surface area (Å²) in [7, 11) is 0. The lowest BCUT2D eigenvalue weighted by atomic mass is 10.1. The highest BCUT2D eigenvalue weighted by Crippen LogP contribution is 2.14. The first kappa shape index (κ1) is 12.7. The summed E-state index contributed by atoms with van der Waals surface area (Å²) in [5.41, 5.74) is 2.17. The minimum atomic E-state index is -0.168. The highest BCUT2D eigenvalue weighted by molar-refractivity contribution is 5.77. The average molecular weight is 223 g/mol. The van der Waals surface area contributed by atoms with Crippen LogP contribution in [0.2, 0.25) is 0 Å². The molecule has 1 aromatic carbocycles. The van der Waals surface area contributed by atoms with Gasteiger partial charge in [0, 0.05) is 12.5 Å². The summed E-state index contributed by atoms with van der Waals surface area (Å²) in [5.74, 6) is -0.179. The molecule has 1 aromatic rings. The molecule has 0 radical (unpaired) electrons. The van der Waals surface area contributed by atoms with Crippen molar-refractivity contribution in [2.75, 3.05) is 0 Å². The Morgan fingerprint density at radius 1 is 1.31 bits per heavy atom. The van der Waals surface area contributed by atoms with Crippen LogP contribution in [-0.4, -0.2) is 5.91 Å². The monoisotopic (exact) mass is 223 g/mol. The Morgan fingerprint density at radius 2 is 1.81 bits per heavy atom. The van der Waals surface area contributed by atoms with E-state index in [-0.39, 0.29) is 17.6 Å². The second-order valence-corrected chi connectivity index (χ2v) is 4.42. The minimum absolute atomic E-state index is 0.0135. The molecule has 1 amide bonds. The van der Waals surface area contributed by atoms with Crippen LogP contribution in [0.15, 0.2) is 12.1 Å². The molecule has 1 N–H and O–H groups in total. The van der Waals surface area contributed by atoms with Gasteiger partial charge >= 0.3 is 0 Å². The summed E-state index contributed by atoms with van der Waals surface area (Å²) in [5, 5.41) is 2.81. The fraction of sp³-hybridized carbons (Fsp3) is 0.462. The van der Waals surface area contributed by atoms with Crippen LogP contribution in [0, 0.1) is 25.6 Å². The summed E-state index contributed by atoms with van der Waals surface area (Å²) in [6, 6.07) is 3.53. The molecule has 2 nitrogen and oxygen atoms in total. The first-order valence-electron chi connectivity index (χ1n) is 5.45. The number of carbonyl (C=O) groups is 1. The van der Waals surface area contributed by atoms with E-state index in [1.54, 1.807) is 26.0 Å². The van der Waals surface area contributed by atoms with Crippen molar-refractivity contribution in [1.29, 1.82) is 0 Å². The molecule has 0 aromatic heterocycles. The molecule has 0 bridgehead atoms. The van der Waals surface area contributed by atoms with Crippen molar-refractivity contribution < 1.29 is 9.18 Å². The minimum Gasteiger partial charge on any atom is -0.352 e. The molecule has 0 aliphatic rings. The van der Waals surface area contributed by atoms with E-state index in [1.807, 2.05) is 13.8 Å². The van der Waals surface area contributed by atoms with Crippen LogP contribution in [0.5, 0.6) is 0 Å². The molecule has 0 saturated heterocycles. The molecule has 0 aliphatic heterocycles. The topological polar surface area (TPSA) is 29.1 Å². The van der Waals surface area contributed by atoms with Gasteiger partial charge in [-0.15, -0.1) is 0 Å². The summed E-state index contributed by atoms with van der Waals surface area (Å²) in [6.07, 6.45) is 0. The van der Waals surface area contributed by atoms with Crippen molar-refractivity contribution in [3.05, 3.63) is 34.6 Å². The SMILES string of the molecule is Cc1cc(CNC(=O)C(C)C)cc(C)c1F. The maximum atomic E-state index is 13.4. The number of carbonyl (C=O) groups excluding carboxylic acids is 1. The predicted octanol–water partition coefficient (Wildman–Crippen LogP) is 2.71. The summed E-state index contributed by atoms with van der Waals surface area (Å²) in [6.45, 7) is 7.61. The van der Waals surface area contributed by atoms with Crippen LogP contribution in [0.25, 0.3) is 0 Å². The van der Waals surface area contributed by atoms with Gasteiger partial charge in [-0.1, -0.05) is 26.0 Å². The van der Waals surface area contributed by atoms with Crippen LogP contribution in [-0.2, 0) is 11.3 Å². The van der Waals surface area contributed by atoms with Crippen molar-refractivity contribution in [3.63, 3.8) is 0 Å². The van der Waals surface area contributed by atoms with Gasteiger partial charge in [0.15, 0.2) is 0 Å². The number of hydrogen-bond acceptors (Lipinski definition) is 1. The quantitative estimate of drug-likeness (QED) is 0.838. The molecule has 0 saturated carbocycles. The van der Waals surface area contributed by atoms with Gasteiger partial charge in [-0.2, -0.15) is 0 Å². The molecular formula is C13H18FNO. The van der Waals surface area contributed by atoms with Crippen LogP contribution < -0.4 is 5.32 Å². The van der Waals surface area contributed by atoms with Gasteiger partial charge in [0.05, 0.1) is 0 Å². The maximum absolute atomic E-state index is 13.4. The van der Waals surface area contributed by atoms with Gasteiger partial charge in [-0.25, -0.2) is 4.39 Å². The highest BCUT2D eigenvalue weighted by atomic mass is 19.1. The lowest BCUT2D eigenvalue weighted by molar-refractivity contribution is -0.124. The predicted molar refractivity (Wildman–Crippen MR) is 62.6 cm³/mol. The van der Waals surface area contributed by atoms with Crippen molar-refractivity contribution in [2.24, 2.45) is 5.92 Å². The van der Waals surface area contributed by atoms with Crippen LogP contribution in [0.1, 0.15) is 30.5 Å². The standard InChI is InChI=1S/C13H18FNO/c1-8(2)13(16)15-7-11-5-9(3)12(14)10(4)6-11/h5-6,8H,7H2,1-4H3,(H,15,16). The van der Waals surface area contributed by atoms with Crippen molar-refractivity contribution >= 4 is 5.91 Å². The molecule has 88 valence electrons. The zero-order chi connectivity index (χ0) is 12.3. The van der Waals surface area contributed by atoms with E-state index in [0.29, 0.717) is 17.7 Å². The third-order valence-electron chi connectivity index (χ3n) is 2.49. The van der Waals surface area contributed by atoms with E-state index < -0.39 is 0 Å². The van der Waals surface area contributed by atoms with Gasteiger partial charge in [0.2, 0.25) is 5.91 Å². The van der Waals surface area contributed by atoms with Crippen LogP contribution in [0.4, 0.5) is 4.39 Å². The number of halogens is 1. The summed E-state index contributed by atoms with van der Waals surface area (Å²) in [4.78, 5) is 11.4. The summed E-state index contributed by atoms with van der Waals surface area (Å²) < 4.78 is 13.4. The smallest absolute Gasteiger partial charge is 0.222 e. The number of hydrogen-bond donors (Lipinski definition) is 1. The maximum Gasteiger partial charge on any atom is 0.222 e. The van der Waals surface area contributed by atoms with E-state index in [0.717, 1.165) is 5.56 Å². The number of rotatable bonds is 3. The Labute approximate surface area is 95.9 Å². The first-order valence-corrected chi connectivity index (χ1v) is 5.45. The molecule has 0 fully saturated rings. The number of nitrogens with one attached hydrogen (secondary N) is 1. The second-order valence-electron chi connectivity index (χ2n) is 4.42. The Morgan fingerprint density at radius 3 is 2.25 bits per heavy atom. The first-order chi connectivity index (χ1) is 7.41. The van der Waals surface area contributed by atoms with E-state index in [1.165, 1.54) is 0 Å². The van der Waals surface area contributed by atoms with Gasteiger partial charge in [-0.3, -0.25) is 4.79 Å². The Balaban J connectivity index is 2.72. The fourth-order valence-electron chi connectivity index (χ4n) is 1.53. The molecular weight excluding hydrogens is 205 g/mol. The largest absolute Gasteiger partial charge is 0.352 e. The van der Waals surface area contributed by atoms with Gasteiger partial charge in [0.25, 0.3) is 0 Å². The van der Waals surface area contributed by atoms with Crippen molar-refractivity contribution in [3.8, 4) is 0 Å². The van der Waals surface area contributed by atoms with Crippen LogP contribution >= 0.6 is 0 Å². The molecule has 0 atom stereocenters. The fourth-order valence-corrected chi connectivity index (χ4v) is 1.53. The molecule has 1 rings (SSSR count). The van der Waals surface area contributed by atoms with Gasteiger partial charge in [0.1, 0.15) is 5.82 Å². The number of aryl methyl sites for hydroxylation is 2.